The van der Waals surface area contributed by atoms with Crippen molar-refractivity contribution < 1.29 is 19.5 Å². The lowest BCUT2D eigenvalue weighted by Gasteiger charge is -2.20. The molecule has 1 nitrogen and oxygen atoms in total. The number of hydrogen-bond acceptors (Lipinski definition) is 1. The molecule has 10 rings (SSSR count). The van der Waals surface area contributed by atoms with E-state index in [2.05, 4.69) is 0 Å². The number of hydrogen-bond donors (Lipinski definition) is 0. The van der Waals surface area contributed by atoms with Crippen molar-refractivity contribution in [3.05, 3.63) is 182 Å². The van der Waals surface area contributed by atoms with Crippen LogP contribution in [0.3, 0.4) is 0 Å². The van der Waals surface area contributed by atoms with Gasteiger partial charge in [-0.2, -0.15) is 0 Å². The Labute approximate surface area is 299 Å². The lowest BCUT2D eigenvalue weighted by atomic mass is 9.83. The first-order chi connectivity index (χ1) is 28.9. The van der Waals surface area contributed by atoms with Crippen LogP contribution in [-0.4, -0.2) is 0 Å². The first-order valence-corrected chi connectivity index (χ1v) is 16.0. The number of fused-ring (bicyclic) bond motifs is 6. The van der Waals surface area contributed by atoms with Gasteiger partial charge >= 0.3 is 0 Å². The summed E-state index contributed by atoms with van der Waals surface area (Å²) in [5.41, 5.74) is 3.52. The Kier molecular flexibility index (Phi) is 4.25. The standard InChI is InChI=1S/C48H30O/c1-3-14-31(15-4-1)33-26-27-44-43(29-33)48-41(24-13-25-45(48)49-44)46-37-20-9-11-22-39(37)47(40-23-12-10-21-38(40)46)42-30-35(32-16-5-2-6-17-32)28-34-18-7-8-19-36(34)42/h1-30H/i2D,5D,6D,13D,16D,17D,24D,25D,26D,27D,29D. The van der Waals surface area contributed by atoms with E-state index in [4.69, 9.17) is 16.8 Å². The van der Waals surface area contributed by atoms with E-state index in [1.807, 2.05) is 91.0 Å². The van der Waals surface area contributed by atoms with Gasteiger partial charge in [-0.05, 0) is 107 Å². The Hall–Kier alpha value is -6.44. The highest BCUT2D eigenvalue weighted by Gasteiger charge is 2.21. The molecule has 228 valence electrons. The van der Waals surface area contributed by atoms with Gasteiger partial charge in [-0.25, -0.2) is 0 Å². The summed E-state index contributed by atoms with van der Waals surface area (Å²) in [5.74, 6) is 0. The topological polar surface area (TPSA) is 13.1 Å². The Morgan fingerprint density at radius 1 is 0.388 bits per heavy atom. The van der Waals surface area contributed by atoms with Crippen molar-refractivity contribution in [1.29, 1.82) is 0 Å². The summed E-state index contributed by atoms with van der Waals surface area (Å²) in [6, 6.07) is 32.1. The van der Waals surface area contributed by atoms with Crippen molar-refractivity contribution in [3.63, 3.8) is 0 Å². The van der Waals surface area contributed by atoms with Crippen LogP contribution in [0, 0.1) is 0 Å². The fraction of sp³-hybridized carbons (Fsp3) is 0. The van der Waals surface area contributed by atoms with Crippen molar-refractivity contribution in [3.8, 4) is 44.5 Å². The molecular weight excluding hydrogens is 593 g/mol. The quantitative estimate of drug-likeness (QED) is 0.176. The van der Waals surface area contributed by atoms with Crippen LogP contribution in [0.25, 0.3) is 98.8 Å². The molecule has 0 aliphatic heterocycles. The largest absolute Gasteiger partial charge is 0.456 e. The van der Waals surface area contributed by atoms with Crippen molar-refractivity contribution in [1.82, 2.24) is 0 Å². The molecule has 0 fully saturated rings. The van der Waals surface area contributed by atoms with E-state index in [0.717, 1.165) is 32.7 Å². The van der Waals surface area contributed by atoms with Crippen molar-refractivity contribution in [2.45, 2.75) is 0 Å². The van der Waals surface area contributed by atoms with Gasteiger partial charge in [-0.15, -0.1) is 0 Å². The van der Waals surface area contributed by atoms with Crippen LogP contribution < -0.4 is 0 Å². The molecule has 0 aliphatic carbocycles. The highest BCUT2D eigenvalue weighted by Crippen LogP contribution is 2.48. The van der Waals surface area contributed by atoms with E-state index < -0.39 is 24.2 Å². The maximum absolute atomic E-state index is 9.58. The minimum atomic E-state index is -0.474. The van der Waals surface area contributed by atoms with Crippen molar-refractivity contribution in [2.75, 3.05) is 0 Å². The van der Waals surface area contributed by atoms with Gasteiger partial charge in [-0.1, -0.05) is 151 Å². The van der Waals surface area contributed by atoms with Crippen molar-refractivity contribution in [2.24, 2.45) is 0 Å². The first kappa shape index (κ1) is 18.8. The minimum absolute atomic E-state index is 0.0536. The van der Waals surface area contributed by atoms with Gasteiger partial charge in [-0.3, -0.25) is 0 Å². The van der Waals surface area contributed by atoms with Gasteiger partial charge in [0.05, 0.1) is 15.1 Å². The molecule has 0 N–H and O–H groups in total. The normalized spacial score (nSPS) is 14.8. The van der Waals surface area contributed by atoms with Gasteiger partial charge in [0.2, 0.25) is 0 Å². The van der Waals surface area contributed by atoms with Crippen LogP contribution in [0.1, 0.15) is 15.1 Å². The van der Waals surface area contributed by atoms with Crippen LogP contribution in [0.2, 0.25) is 0 Å². The van der Waals surface area contributed by atoms with E-state index in [9.17, 15) is 2.74 Å². The molecule has 0 amide bonds. The maximum Gasteiger partial charge on any atom is 0.136 e. The first-order valence-electron chi connectivity index (χ1n) is 21.5. The number of benzene rings is 9. The molecule has 10 aromatic rings. The lowest BCUT2D eigenvalue weighted by molar-refractivity contribution is 0.669. The summed E-state index contributed by atoms with van der Waals surface area (Å²) in [4.78, 5) is 0. The average Bonchev–Trinajstić information content (AvgIpc) is 3.67. The van der Waals surface area contributed by atoms with E-state index >= 15 is 0 Å². The zero-order valence-corrected chi connectivity index (χ0v) is 25.9. The molecule has 0 radical (unpaired) electrons. The van der Waals surface area contributed by atoms with Crippen LogP contribution >= 0.6 is 0 Å². The highest BCUT2D eigenvalue weighted by atomic mass is 16.3. The zero-order valence-electron chi connectivity index (χ0n) is 36.9. The van der Waals surface area contributed by atoms with E-state index in [-0.39, 0.29) is 80.9 Å². The molecule has 9 aromatic carbocycles. The molecule has 0 unspecified atom stereocenters. The smallest absolute Gasteiger partial charge is 0.136 e. The summed E-state index contributed by atoms with van der Waals surface area (Å²) >= 11 is 0. The molecule has 0 atom stereocenters. The third-order valence-electron chi connectivity index (χ3n) is 9.24. The molecule has 0 spiro atoms. The van der Waals surface area contributed by atoms with Crippen molar-refractivity contribution >= 4 is 54.3 Å². The second kappa shape index (κ2) is 11.1. The fourth-order valence-corrected chi connectivity index (χ4v) is 7.13. The monoisotopic (exact) mass is 633 g/mol. The Morgan fingerprint density at radius 3 is 1.73 bits per heavy atom. The molecule has 1 heterocycles. The van der Waals surface area contributed by atoms with Gasteiger partial charge in [0, 0.05) is 10.8 Å². The van der Waals surface area contributed by atoms with E-state index in [1.165, 1.54) is 0 Å². The molecule has 0 aliphatic rings. The maximum atomic E-state index is 9.58. The second-order valence-electron chi connectivity index (χ2n) is 12.0. The van der Waals surface area contributed by atoms with Gasteiger partial charge < -0.3 is 4.42 Å². The Bertz CT molecular complexity index is 3420. The lowest BCUT2D eigenvalue weighted by Crippen LogP contribution is -1.93. The summed E-state index contributed by atoms with van der Waals surface area (Å²) in [6.07, 6.45) is 0. The molecule has 0 saturated heterocycles. The third-order valence-corrected chi connectivity index (χ3v) is 9.24. The fourth-order valence-electron chi connectivity index (χ4n) is 7.13. The molecule has 1 aromatic heterocycles. The average molecular weight is 634 g/mol. The van der Waals surface area contributed by atoms with Gasteiger partial charge in [0.1, 0.15) is 11.2 Å². The Morgan fingerprint density at radius 2 is 1.02 bits per heavy atom. The second-order valence-corrected chi connectivity index (χ2v) is 12.0. The summed E-state index contributed by atoms with van der Waals surface area (Å²) in [6.45, 7) is 0. The zero-order chi connectivity index (χ0) is 41.9. The third kappa shape index (κ3) is 4.40. The van der Waals surface area contributed by atoms with Gasteiger partial charge in [0.15, 0.2) is 0 Å². The summed E-state index contributed by atoms with van der Waals surface area (Å²) in [5, 5.41) is 4.93. The minimum Gasteiger partial charge on any atom is -0.456 e. The van der Waals surface area contributed by atoms with E-state index in [1.54, 1.807) is 24.3 Å². The molecule has 0 bridgehead atoms. The SMILES string of the molecule is [2H]c1c([2H])c([2H])c(-c2cc(-c3c4ccccc4c(-c4c([2H])c([2H])c([2H])c5oc6c([2H])c([2H])c(-c7ccccc7)c([2H])c6c45)c4ccccc34)c3ccccc3c2)c([2H])c1[2H]. The molecule has 0 saturated carbocycles. The highest BCUT2D eigenvalue weighted by molar-refractivity contribution is 6.27. The van der Waals surface area contributed by atoms with E-state index in [0.29, 0.717) is 27.5 Å². The summed E-state index contributed by atoms with van der Waals surface area (Å²) < 4.78 is 104. The predicted octanol–water partition coefficient (Wildman–Crippen LogP) is 13.7. The number of furan rings is 1. The predicted molar refractivity (Wildman–Crippen MR) is 208 cm³/mol. The number of rotatable bonds is 4. The van der Waals surface area contributed by atoms with Crippen LogP contribution in [0.5, 0.6) is 0 Å². The molecular formula is C48H30O. The van der Waals surface area contributed by atoms with Crippen LogP contribution in [0.15, 0.2) is 186 Å². The Balaban J connectivity index is 1.38. The van der Waals surface area contributed by atoms with Crippen LogP contribution in [0.4, 0.5) is 0 Å². The summed E-state index contributed by atoms with van der Waals surface area (Å²) in [7, 11) is 0. The molecule has 49 heavy (non-hydrogen) atoms. The van der Waals surface area contributed by atoms with Crippen LogP contribution in [-0.2, 0) is 0 Å². The molecule has 1 heteroatoms. The van der Waals surface area contributed by atoms with Gasteiger partial charge in [0.25, 0.3) is 0 Å².